The molecule has 0 radical (unpaired) electrons. The van der Waals surface area contributed by atoms with E-state index in [0.29, 0.717) is 0 Å². The Morgan fingerprint density at radius 2 is 1.40 bits per heavy atom. The lowest BCUT2D eigenvalue weighted by Crippen LogP contribution is -2.39. The number of aromatic nitrogens is 1. The van der Waals surface area contributed by atoms with Crippen molar-refractivity contribution in [2.75, 3.05) is 0 Å². The number of hydrogen-bond donors (Lipinski definition) is 4. The number of carbonyl (C=O) groups is 2. The van der Waals surface area contributed by atoms with Gasteiger partial charge in [0.25, 0.3) is 0 Å². The summed E-state index contributed by atoms with van der Waals surface area (Å²) >= 11 is 0. The summed E-state index contributed by atoms with van der Waals surface area (Å²) < 4.78 is 0. The summed E-state index contributed by atoms with van der Waals surface area (Å²) in [5.74, 6) is -3.54. The summed E-state index contributed by atoms with van der Waals surface area (Å²) in [6.07, 6.45) is -0.854. The van der Waals surface area contributed by atoms with Crippen LogP contribution in [0.25, 0.3) is 10.8 Å². The van der Waals surface area contributed by atoms with E-state index in [1.165, 1.54) is 10.8 Å². The van der Waals surface area contributed by atoms with E-state index in [2.05, 4.69) is 17.1 Å². The summed E-state index contributed by atoms with van der Waals surface area (Å²) in [4.78, 5) is 23.6. The molecule has 7 nitrogen and oxygen atoms in total. The Bertz CT molecular complexity index is 517. The first-order valence-electron chi connectivity index (χ1n) is 5.54. The molecule has 1 aromatic heterocycles. The lowest BCUT2D eigenvalue weighted by atomic mass is 10.2. The zero-order valence-electron chi connectivity index (χ0n) is 10.2. The standard InChI is InChI=1S/C9H7N.C4H6O6/c1-2-4-9-7-10-6-5-8(9)3-1;5-1(3(7)8)2(6)4(9)10/h1-7H;1-2,5-6H,(H,7,8)(H,9,10). The molecule has 0 bridgehead atoms. The molecule has 1 heterocycles. The molecule has 7 heteroatoms. The molecule has 1 aromatic carbocycles. The van der Waals surface area contributed by atoms with E-state index in [-0.39, 0.29) is 0 Å². The number of benzene rings is 1. The first kappa shape index (κ1) is 15.5. The van der Waals surface area contributed by atoms with Crippen molar-refractivity contribution in [2.24, 2.45) is 0 Å². The summed E-state index contributed by atoms with van der Waals surface area (Å²) in [5.41, 5.74) is 0. The van der Waals surface area contributed by atoms with Crippen molar-refractivity contribution >= 4 is 22.7 Å². The molecule has 0 aliphatic rings. The second-order valence-corrected chi connectivity index (χ2v) is 3.79. The van der Waals surface area contributed by atoms with Gasteiger partial charge in [-0.15, -0.1) is 0 Å². The van der Waals surface area contributed by atoms with Crippen LogP contribution >= 0.6 is 0 Å². The minimum Gasteiger partial charge on any atom is -0.479 e. The highest BCUT2D eigenvalue weighted by Crippen LogP contribution is 2.09. The Hall–Kier alpha value is -2.51. The fourth-order valence-corrected chi connectivity index (χ4v) is 1.30. The number of pyridine rings is 1. The van der Waals surface area contributed by atoms with Gasteiger partial charge in [-0.1, -0.05) is 24.3 Å². The van der Waals surface area contributed by atoms with Crippen molar-refractivity contribution < 1.29 is 30.0 Å². The van der Waals surface area contributed by atoms with E-state index in [9.17, 15) is 9.59 Å². The molecule has 0 aliphatic carbocycles. The first-order valence-corrected chi connectivity index (χ1v) is 5.54. The SMILES string of the molecule is O=C(O)C(O)C(O)C(=O)O.c1ccc2cnccc2c1. The van der Waals surface area contributed by atoms with Crippen LogP contribution in [0.1, 0.15) is 0 Å². The predicted octanol–water partition coefficient (Wildman–Crippen LogP) is 0.112. The van der Waals surface area contributed by atoms with E-state index in [0.717, 1.165) is 0 Å². The zero-order chi connectivity index (χ0) is 15.1. The largest absolute Gasteiger partial charge is 0.479 e. The van der Waals surface area contributed by atoms with Gasteiger partial charge in [0.1, 0.15) is 0 Å². The maximum atomic E-state index is 9.77. The van der Waals surface area contributed by atoms with Gasteiger partial charge in [-0.3, -0.25) is 4.98 Å². The topological polar surface area (TPSA) is 128 Å². The lowest BCUT2D eigenvalue weighted by molar-refractivity contribution is -0.165. The van der Waals surface area contributed by atoms with Gasteiger partial charge in [0, 0.05) is 12.4 Å². The van der Waals surface area contributed by atoms with Crippen LogP contribution in [0.3, 0.4) is 0 Å². The third-order valence-corrected chi connectivity index (χ3v) is 2.35. The van der Waals surface area contributed by atoms with Crippen LogP contribution in [0.15, 0.2) is 42.7 Å². The number of carboxylic acid groups (broad SMARTS) is 2. The van der Waals surface area contributed by atoms with Crippen molar-refractivity contribution in [3.05, 3.63) is 42.7 Å². The van der Waals surface area contributed by atoms with E-state index < -0.39 is 24.1 Å². The Morgan fingerprint density at radius 1 is 0.900 bits per heavy atom. The highest BCUT2D eigenvalue weighted by atomic mass is 16.4. The molecule has 0 amide bonds. The van der Waals surface area contributed by atoms with Gasteiger partial charge in [-0.05, 0) is 16.8 Å². The number of rotatable bonds is 3. The molecule has 2 unspecified atom stereocenters. The van der Waals surface area contributed by atoms with Crippen molar-refractivity contribution in [1.29, 1.82) is 0 Å². The molecule has 2 atom stereocenters. The molecule has 2 rings (SSSR count). The summed E-state index contributed by atoms with van der Waals surface area (Å²) in [6, 6.07) is 10.2. The summed E-state index contributed by atoms with van der Waals surface area (Å²) in [5, 5.41) is 35.0. The molecule has 0 fully saturated rings. The number of hydrogen-bond acceptors (Lipinski definition) is 5. The second-order valence-electron chi connectivity index (χ2n) is 3.79. The Kier molecular flexibility index (Phi) is 5.57. The van der Waals surface area contributed by atoms with Gasteiger partial charge in [-0.2, -0.15) is 0 Å². The molecule has 4 N–H and O–H groups in total. The van der Waals surface area contributed by atoms with Crippen LogP contribution in [0.5, 0.6) is 0 Å². The molecule has 106 valence electrons. The fourth-order valence-electron chi connectivity index (χ4n) is 1.30. The Balaban J connectivity index is 0.000000200. The minimum absolute atomic E-state index is 1.20. The quantitative estimate of drug-likeness (QED) is 0.627. The molecular weight excluding hydrogens is 266 g/mol. The van der Waals surface area contributed by atoms with Gasteiger partial charge in [0.15, 0.2) is 12.2 Å². The third-order valence-electron chi connectivity index (χ3n) is 2.35. The Morgan fingerprint density at radius 3 is 1.85 bits per heavy atom. The first-order chi connectivity index (χ1) is 9.43. The molecule has 0 saturated heterocycles. The number of aliphatic hydroxyl groups excluding tert-OH is 2. The van der Waals surface area contributed by atoms with Gasteiger partial charge < -0.3 is 20.4 Å². The lowest BCUT2D eigenvalue weighted by Gasteiger charge is -2.07. The average molecular weight is 279 g/mol. The van der Waals surface area contributed by atoms with E-state index in [1.54, 1.807) is 0 Å². The fraction of sp³-hybridized carbons (Fsp3) is 0.154. The number of nitrogens with zero attached hydrogens (tertiary/aromatic N) is 1. The predicted molar refractivity (Wildman–Crippen MR) is 69.0 cm³/mol. The van der Waals surface area contributed by atoms with Crippen molar-refractivity contribution in [1.82, 2.24) is 4.98 Å². The minimum atomic E-state index is -2.27. The number of carboxylic acids is 2. The smallest absolute Gasteiger partial charge is 0.335 e. The number of fused-ring (bicyclic) bond motifs is 1. The van der Waals surface area contributed by atoms with E-state index in [4.69, 9.17) is 20.4 Å². The molecule has 20 heavy (non-hydrogen) atoms. The monoisotopic (exact) mass is 279 g/mol. The average Bonchev–Trinajstić information content (AvgIpc) is 2.46. The number of aliphatic hydroxyl groups is 2. The van der Waals surface area contributed by atoms with Crippen LogP contribution in [0.2, 0.25) is 0 Å². The van der Waals surface area contributed by atoms with Crippen LogP contribution in [0, 0.1) is 0 Å². The van der Waals surface area contributed by atoms with Crippen LogP contribution in [-0.2, 0) is 9.59 Å². The van der Waals surface area contributed by atoms with E-state index in [1.807, 2.05) is 30.6 Å². The van der Waals surface area contributed by atoms with Gasteiger partial charge >= 0.3 is 11.9 Å². The summed E-state index contributed by atoms with van der Waals surface area (Å²) in [6.45, 7) is 0. The Labute approximate surface area is 113 Å². The molecule has 0 aliphatic heterocycles. The molecular formula is C13H13NO6. The van der Waals surface area contributed by atoms with E-state index >= 15 is 0 Å². The molecule has 0 saturated carbocycles. The van der Waals surface area contributed by atoms with Crippen LogP contribution < -0.4 is 0 Å². The van der Waals surface area contributed by atoms with Gasteiger partial charge in [-0.25, -0.2) is 9.59 Å². The van der Waals surface area contributed by atoms with Crippen LogP contribution in [-0.4, -0.2) is 49.6 Å². The van der Waals surface area contributed by atoms with Crippen molar-refractivity contribution in [2.45, 2.75) is 12.2 Å². The highest BCUT2D eigenvalue weighted by Gasteiger charge is 2.29. The maximum Gasteiger partial charge on any atom is 0.335 e. The molecule has 0 spiro atoms. The van der Waals surface area contributed by atoms with Crippen LogP contribution in [0.4, 0.5) is 0 Å². The van der Waals surface area contributed by atoms with Gasteiger partial charge in [0.2, 0.25) is 0 Å². The maximum absolute atomic E-state index is 9.77. The van der Waals surface area contributed by atoms with Crippen molar-refractivity contribution in [3.63, 3.8) is 0 Å². The summed E-state index contributed by atoms with van der Waals surface area (Å²) in [7, 11) is 0. The highest BCUT2D eigenvalue weighted by molar-refractivity contribution is 5.83. The second kappa shape index (κ2) is 7.17. The van der Waals surface area contributed by atoms with Gasteiger partial charge in [0.05, 0.1) is 0 Å². The van der Waals surface area contributed by atoms with Crippen molar-refractivity contribution in [3.8, 4) is 0 Å². The molecule has 2 aromatic rings. The zero-order valence-corrected chi connectivity index (χ0v) is 10.2. The third kappa shape index (κ3) is 4.30. The number of aliphatic carboxylic acids is 2. The normalized spacial score (nSPS) is 12.9.